The van der Waals surface area contributed by atoms with Crippen LogP contribution in [0.5, 0.6) is 0 Å². The molecule has 0 aromatic heterocycles. The maximum absolute atomic E-state index is 14.6. The molecule has 4 atom stereocenters. The first-order valence-corrected chi connectivity index (χ1v) is 33.0. The number of nitrogens with zero attached hydrogens (tertiary/aromatic N) is 2. The van der Waals surface area contributed by atoms with E-state index in [1.165, 1.54) is 38.5 Å². The summed E-state index contributed by atoms with van der Waals surface area (Å²) >= 11 is 0. The molecule has 6 N–H and O–H groups in total. The molecule has 6 aromatic rings. The summed E-state index contributed by atoms with van der Waals surface area (Å²) < 4.78 is 47.8. The lowest BCUT2D eigenvalue weighted by Gasteiger charge is -2.32. The van der Waals surface area contributed by atoms with Gasteiger partial charge in [-0.05, 0) is 164 Å². The highest BCUT2D eigenvalue weighted by Crippen LogP contribution is 2.37. The van der Waals surface area contributed by atoms with Gasteiger partial charge in [0, 0.05) is 64.2 Å². The Morgan fingerprint density at radius 1 is 0.439 bits per heavy atom. The molecule has 2 heterocycles. The van der Waals surface area contributed by atoms with Gasteiger partial charge < -0.3 is 60.6 Å². The highest BCUT2D eigenvalue weighted by Gasteiger charge is 2.39. The third kappa shape index (κ3) is 20.3. The number of esters is 2. The van der Waals surface area contributed by atoms with Crippen molar-refractivity contribution >= 4 is 59.6 Å². The van der Waals surface area contributed by atoms with Crippen molar-refractivity contribution in [1.82, 2.24) is 41.7 Å². The van der Waals surface area contributed by atoms with Gasteiger partial charge in [-0.1, -0.05) is 91.3 Å². The van der Waals surface area contributed by atoms with E-state index < -0.39 is 83.3 Å². The monoisotopic (exact) mass is 1340 g/mol. The lowest BCUT2D eigenvalue weighted by Crippen LogP contribution is -2.41. The smallest absolute Gasteiger partial charge is 0.408 e. The van der Waals surface area contributed by atoms with E-state index >= 15 is 0 Å². The predicted octanol–water partition coefficient (Wildman–Crippen LogP) is 8.84. The second-order valence-electron chi connectivity index (χ2n) is 24.6. The van der Waals surface area contributed by atoms with Gasteiger partial charge in [-0.3, -0.25) is 28.8 Å². The SMILES string of the molecule is COC(=O)[C@H](CCCCNC(=O)c1cc2c(cc1C(=O)NCCc1ccc(F)cc1)CN(C(=O)[C@@H]1CCC[C@H](C(=O)N3Cc4cc(C(=O)NCCCC[C@H](NC(=O)OCc5ccccc5)C(=O)OC)c(C(=O)NCCc5ccc(F)cc5)cc4C3)C1)C2)NC(=O)OCc1ccccc1. The number of carbonyl (C=O) groups excluding carboxylic acids is 10. The van der Waals surface area contributed by atoms with Gasteiger partial charge in [-0.25, -0.2) is 28.0 Å². The Kier molecular flexibility index (Phi) is 26.0. The number of benzene rings is 6. The number of nitrogens with one attached hydrogen (secondary N) is 6. The minimum absolute atomic E-state index is 0.000591. The number of rotatable bonds is 30. The van der Waals surface area contributed by atoms with Crippen LogP contribution in [0.4, 0.5) is 18.4 Å². The molecule has 0 spiro atoms. The molecule has 6 aromatic carbocycles. The quantitative estimate of drug-likeness (QED) is 0.0140. The molecule has 2 aliphatic heterocycles. The Balaban J connectivity index is 0.816. The Morgan fingerprint density at radius 2 is 0.776 bits per heavy atom. The summed E-state index contributed by atoms with van der Waals surface area (Å²) in [6.45, 7) is 1.22. The molecular formula is C74H82F2N8O14. The number of unbranched alkanes of at least 4 members (excludes halogenated alkanes) is 2. The zero-order valence-corrected chi connectivity index (χ0v) is 54.9. The first-order valence-electron chi connectivity index (χ1n) is 33.0. The Morgan fingerprint density at radius 3 is 1.11 bits per heavy atom. The van der Waals surface area contributed by atoms with Gasteiger partial charge in [-0.2, -0.15) is 0 Å². The van der Waals surface area contributed by atoms with Gasteiger partial charge in [0.25, 0.3) is 23.6 Å². The average molecular weight is 1350 g/mol. The highest BCUT2D eigenvalue weighted by atomic mass is 19.1. The molecular weight excluding hydrogens is 1260 g/mol. The zero-order valence-electron chi connectivity index (χ0n) is 54.9. The first-order chi connectivity index (χ1) is 47.4. The lowest BCUT2D eigenvalue weighted by molar-refractivity contribution is -0.144. The van der Waals surface area contributed by atoms with Crippen LogP contribution in [0, 0.1) is 23.5 Å². The third-order valence-corrected chi connectivity index (χ3v) is 17.7. The van der Waals surface area contributed by atoms with Crippen LogP contribution in [0.25, 0.3) is 0 Å². The number of methoxy groups -OCH3 is 2. The van der Waals surface area contributed by atoms with Crippen LogP contribution in [0.3, 0.4) is 0 Å². The third-order valence-electron chi connectivity index (χ3n) is 17.7. The maximum atomic E-state index is 14.6. The second-order valence-corrected chi connectivity index (χ2v) is 24.6. The molecule has 1 aliphatic carbocycles. The number of alkyl carbamates (subject to hydrolysis) is 2. The van der Waals surface area contributed by atoms with E-state index in [0.717, 1.165) is 22.3 Å². The Labute approximate surface area is 567 Å². The molecule has 516 valence electrons. The summed E-state index contributed by atoms with van der Waals surface area (Å²) in [6, 6.07) is 34.4. The largest absolute Gasteiger partial charge is 0.467 e. The molecule has 0 unspecified atom stereocenters. The van der Waals surface area contributed by atoms with E-state index in [4.69, 9.17) is 18.9 Å². The maximum Gasteiger partial charge on any atom is 0.408 e. The van der Waals surface area contributed by atoms with Gasteiger partial charge in [0.15, 0.2) is 0 Å². The Bertz CT molecular complexity index is 3580. The van der Waals surface area contributed by atoms with Crippen LogP contribution in [0.1, 0.15) is 150 Å². The molecule has 24 heteroatoms. The Hall–Kier alpha value is -10.5. The second kappa shape index (κ2) is 35.5. The van der Waals surface area contributed by atoms with Crippen molar-refractivity contribution in [3.63, 3.8) is 0 Å². The van der Waals surface area contributed by atoms with Crippen molar-refractivity contribution < 1.29 is 75.7 Å². The van der Waals surface area contributed by atoms with Crippen molar-refractivity contribution in [1.29, 1.82) is 0 Å². The topological polar surface area (TPSA) is 286 Å². The van der Waals surface area contributed by atoms with Crippen molar-refractivity contribution in [3.8, 4) is 0 Å². The van der Waals surface area contributed by atoms with Crippen molar-refractivity contribution in [2.75, 3.05) is 40.4 Å². The molecule has 8 amide bonds. The lowest BCUT2D eigenvalue weighted by atomic mass is 9.80. The number of carbonyl (C=O) groups is 10. The molecule has 98 heavy (non-hydrogen) atoms. The van der Waals surface area contributed by atoms with Gasteiger partial charge >= 0.3 is 24.1 Å². The van der Waals surface area contributed by atoms with E-state index in [1.54, 1.807) is 82.6 Å². The zero-order chi connectivity index (χ0) is 69.5. The number of hydrogen-bond donors (Lipinski definition) is 6. The van der Waals surface area contributed by atoms with E-state index in [9.17, 15) is 56.7 Å². The molecule has 1 saturated carbocycles. The van der Waals surface area contributed by atoms with Crippen molar-refractivity contribution in [2.24, 2.45) is 11.8 Å². The summed E-state index contributed by atoms with van der Waals surface area (Å²) in [7, 11) is 2.42. The van der Waals surface area contributed by atoms with Gasteiger partial charge in [0.1, 0.15) is 36.9 Å². The summed E-state index contributed by atoms with van der Waals surface area (Å²) in [4.78, 5) is 139. The van der Waals surface area contributed by atoms with Crippen LogP contribution in [-0.4, -0.2) is 122 Å². The fourth-order valence-corrected chi connectivity index (χ4v) is 12.4. The number of hydrogen-bond acceptors (Lipinski definition) is 14. The standard InChI is InChI=1S/C74H82F2N8O14/c1-95-71(91)63(81-73(93)97-45-49-14-5-3-6-15-49)20-9-11-32-77-65(85)59-37-53-41-83(43-55(53)39-61(59)67(87)79-34-30-47-22-26-57(75)27-23-47)69(89)51-18-13-19-52(36-51)70(90)84-42-54-38-60(62(40-56(54)44-84)68(88)80-35-31-48-24-28-58(76)29-25-48)66(86)78-33-12-10-21-64(72(92)96-2)82-74(94)98-46-50-16-7-4-8-17-50/h3-8,14-17,22-29,37-40,51-52,63-64H,9-13,18-21,30-36,41-46H2,1-2H3,(H,77,85)(H,78,86)(H,79,87)(H,80,88)(H,81,93)(H,82,94)/t51-,52+,63-,64-/m0/s1. The molecule has 0 radical (unpaired) electrons. The van der Waals surface area contributed by atoms with Gasteiger partial charge in [0.2, 0.25) is 11.8 Å². The van der Waals surface area contributed by atoms with E-state index in [1.807, 2.05) is 36.4 Å². The minimum atomic E-state index is -1.01. The van der Waals surface area contributed by atoms with Crippen LogP contribution < -0.4 is 31.9 Å². The molecule has 22 nitrogen and oxygen atoms in total. The molecule has 1 fully saturated rings. The minimum Gasteiger partial charge on any atom is -0.467 e. The van der Waals surface area contributed by atoms with Crippen LogP contribution in [-0.2, 0) is 90.4 Å². The van der Waals surface area contributed by atoms with Crippen molar-refractivity contribution in [3.05, 3.63) is 212 Å². The highest BCUT2D eigenvalue weighted by molar-refractivity contribution is 6.08. The molecule has 9 rings (SSSR count). The van der Waals surface area contributed by atoms with E-state index in [0.29, 0.717) is 80.0 Å². The van der Waals surface area contributed by atoms with Gasteiger partial charge in [-0.15, -0.1) is 0 Å². The normalized spacial score (nSPS) is 15.1. The molecule has 3 aliphatic rings. The van der Waals surface area contributed by atoms with Gasteiger partial charge in [0.05, 0.1) is 36.5 Å². The summed E-state index contributed by atoms with van der Waals surface area (Å²) in [5, 5.41) is 16.7. The number of halogens is 2. The summed E-state index contributed by atoms with van der Waals surface area (Å²) in [5.74, 6) is -5.66. The van der Waals surface area contributed by atoms with E-state index in [2.05, 4.69) is 31.9 Å². The fraction of sp³-hybridized carbons (Fsp3) is 0.378. The molecule has 0 bridgehead atoms. The van der Waals surface area contributed by atoms with E-state index in [-0.39, 0.29) is 119 Å². The van der Waals surface area contributed by atoms with Crippen molar-refractivity contribution in [2.45, 2.75) is 129 Å². The fourth-order valence-electron chi connectivity index (χ4n) is 12.4. The number of amides is 8. The summed E-state index contributed by atoms with van der Waals surface area (Å²) in [6.07, 6.45) is 2.99. The first kappa shape index (κ1) is 71.8. The van der Waals surface area contributed by atoms with Crippen LogP contribution in [0.2, 0.25) is 0 Å². The average Bonchev–Trinajstić information content (AvgIpc) is 1.61. The van der Waals surface area contributed by atoms with Crippen LogP contribution in [0.15, 0.2) is 133 Å². The number of fused-ring (bicyclic) bond motifs is 2. The number of ether oxygens (including phenoxy) is 4. The summed E-state index contributed by atoms with van der Waals surface area (Å²) in [5.41, 5.74) is 6.12. The predicted molar refractivity (Wildman–Crippen MR) is 355 cm³/mol. The molecule has 0 saturated heterocycles. The van der Waals surface area contributed by atoms with Crippen LogP contribution >= 0.6 is 0 Å².